The molecule has 1 aromatic rings. The van der Waals surface area contributed by atoms with Crippen LogP contribution in [0.2, 0.25) is 0 Å². The lowest BCUT2D eigenvalue weighted by molar-refractivity contribution is -0.126. The lowest BCUT2D eigenvalue weighted by atomic mass is 9.97. The number of benzene rings is 1. The molecule has 1 aliphatic heterocycles. The van der Waals surface area contributed by atoms with Crippen LogP contribution < -0.4 is 15.8 Å². The number of nitrogens with zero attached hydrogens (tertiary/aromatic N) is 1. The molecule has 0 bridgehead atoms. The van der Waals surface area contributed by atoms with E-state index in [1.54, 1.807) is 24.3 Å². The number of rotatable bonds is 8. The molecule has 1 saturated heterocycles. The zero-order valence-electron chi connectivity index (χ0n) is 15.8. The summed E-state index contributed by atoms with van der Waals surface area (Å²) in [5, 5.41) is 2.93. The van der Waals surface area contributed by atoms with Gasteiger partial charge in [0.2, 0.25) is 15.9 Å². The van der Waals surface area contributed by atoms with Crippen LogP contribution in [-0.4, -0.2) is 50.9 Å². The van der Waals surface area contributed by atoms with Crippen molar-refractivity contribution in [2.75, 3.05) is 26.2 Å². The minimum absolute atomic E-state index is 0.00999. The molecular formula is C19H29N3O4S. The highest BCUT2D eigenvalue weighted by Gasteiger charge is 2.33. The van der Waals surface area contributed by atoms with Crippen LogP contribution in [0.25, 0.3) is 0 Å². The Morgan fingerprint density at radius 3 is 2.41 bits per heavy atom. The molecule has 1 heterocycles. The van der Waals surface area contributed by atoms with Crippen molar-refractivity contribution in [3.8, 4) is 5.75 Å². The van der Waals surface area contributed by atoms with Gasteiger partial charge in [-0.3, -0.25) is 4.79 Å². The summed E-state index contributed by atoms with van der Waals surface area (Å²) in [5.74, 6) is 1.04. The molecule has 0 radical (unpaired) electrons. The van der Waals surface area contributed by atoms with Gasteiger partial charge < -0.3 is 15.8 Å². The molecule has 1 aromatic carbocycles. The maximum Gasteiger partial charge on any atom is 0.243 e. The Kier molecular flexibility index (Phi) is 6.39. The van der Waals surface area contributed by atoms with Crippen molar-refractivity contribution < 1.29 is 17.9 Å². The zero-order chi connectivity index (χ0) is 19.4. The third-order valence-electron chi connectivity index (χ3n) is 5.34. The summed E-state index contributed by atoms with van der Waals surface area (Å²) in [5.41, 5.74) is 6.02. The fourth-order valence-corrected chi connectivity index (χ4v) is 4.91. The summed E-state index contributed by atoms with van der Waals surface area (Å²) in [4.78, 5) is 12.6. The van der Waals surface area contributed by atoms with Crippen LogP contribution in [-0.2, 0) is 14.8 Å². The molecular weight excluding hydrogens is 366 g/mol. The highest BCUT2D eigenvalue weighted by molar-refractivity contribution is 7.89. The first kappa shape index (κ1) is 20.1. The highest BCUT2D eigenvalue weighted by atomic mass is 32.2. The number of ether oxygens (including phenoxy) is 1. The summed E-state index contributed by atoms with van der Waals surface area (Å²) >= 11 is 0. The first-order valence-corrected chi connectivity index (χ1v) is 11.1. The van der Waals surface area contributed by atoms with Gasteiger partial charge in [-0.25, -0.2) is 8.42 Å². The van der Waals surface area contributed by atoms with Crippen LogP contribution in [0.4, 0.5) is 0 Å². The maximum atomic E-state index is 12.8. The molecule has 1 unspecified atom stereocenters. The van der Waals surface area contributed by atoms with E-state index in [1.807, 2.05) is 6.92 Å². The minimum Gasteiger partial charge on any atom is -0.494 e. The van der Waals surface area contributed by atoms with Gasteiger partial charge in [0.25, 0.3) is 0 Å². The predicted octanol–water partition coefficient (Wildman–Crippen LogP) is 1.34. The Balaban J connectivity index is 1.51. The lowest BCUT2D eigenvalue weighted by Gasteiger charge is -2.30. The number of hydrogen-bond donors (Lipinski definition) is 2. The molecule has 27 heavy (non-hydrogen) atoms. The third-order valence-corrected chi connectivity index (χ3v) is 7.25. The van der Waals surface area contributed by atoms with Crippen molar-refractivity contribution in [2.45, 2.75) is 43.5 Å². The van der Waals surface area contributed by atoms with Gasteiger partial charge in [0.15, 0.2) is 0 Å². The van der Waals surface area contributed by atoms with Crippen molar-refractivity contribution >= 4 is 15.9 Å². The molecule has 7 nitrogen and oxygen atoms in total. The Labute approximate surface area is 161 Å². The molecule has 0 aromatic heterocycles. The van der Waals surface area contributed by atoms with Crippen molar-refractivity contribution in [1.82, 2.24) is 9.62 Å². The van der Waals surface area contributed by atoms with Gasteiger partial charge in [0, 0.05) is 31.6 Å². The van der Waals surface area contributed by atoms with E-state index in [0.717, 1.165) is 12.8 Å². The van der Waals surface area contributed by atoms with Crippen LogP contribution in [0, 0.1) is 11.8 Å². The standard InChI is InChI=1S/C19H29N3O4S/c1-2-26-16-5-7-17(8-6-16)27(24,25)22-11-9-15(10-12-22)19(23)21-13-18(20)14-3-4-14/h5-8,14-15,18H,2-4,9-13,20H2,1H3,(H,21,23). The smallest absolute Gasteiger partial charge is 0.243 e. The molecule has 8 heteroatoms. The predicted molar refractivity (Wildman–Crippen MR) is 103 cm³/mol. The molecule has 1 atom stereocenters. The fraction of sp³-hybridized carbons (Fsp3) is 0.632. The van der Waals surface area contributed by atoms with Crippen LogP contribution in [0.15, 0.2) is 29.2 Å². The van der Waals surface area contributed by atoms with E-state index in [9.17, 15) is 13.2 Å². The van der Waals surface area contributed by atoms with E-state index in [1.165, 1.54) is 4.31 Å². The first-order valence-electron chi connectivity index (χ1n) is 9.68. The third kappa shape index (κ3) is 5.00. The van der Waals surface area contributed by atoms with E-state index in [0.29, 0.717) is 50.8 Å². The van der Waals surface area contributed by atoms with Gasteiger partial charge in [-0.15, -0.1) is 0 Å². The van der Waals surface area contributed by atoms with Crippen LogP contribution in [0.3, 0.4) is 0 Å². The quantitative estimate of drug-likeness (QED) is 0.692. The van der Waals surface area contributed by atoms with Crippen LogP contribution >= 0.6 is 0 Å². The number of nitrogens with one attached hydrogen (secondary N) is 1. The average molecular weight is 396 g/mol. The summed E-state index contributed by atoms with van der Waals surface area (Å²) in [6.45, 7) is 3.62. The van der Waals surface area contributed by atoms with Crippen molar-refractivity contribution in [2.24, 2.45) is 17.6 Å². The molecule has 1 saturated carbocycles. The Hall–Kier alpha value is -1.64. The van der Waals surface area contributed by atoms with E-state index < -0.39 is 10.0 Å². The summed E-state index contributed by atoms with van der Waals surface area (Å²) in [6, 6.07) is 6.50. The zero-order valence-corrected chi connectivity index (χ0v) is 16.6. The molecule has 2 aliphatic rings. The number of piperidine rings is 1. The number of carbonyl (C=O) groups excluding carboxylic acids is 1. The van der Waals surface area contributed by atoms with Gasteiger partial charge in [0.1, 0.15) is 5.75 Å². The summed E-state index contributed by atoms with van der Waals surface area (Å²) < 4.78 is 32.4. The molecule has 1 aliphatic carbocycles. The van der Waals surface area contributed by atoms with Crippen molar-refractivity contribution in [3.05, 3.63) is 24.3 Å². The average Bonchev–Trinajstić information content (AvgIpc) is 3.52. The number of carbonyl (C=O) groups is 1. The minimum atomic E-state index is -3.55. The molecule has 3 N–H and O–H groups in total. The van der Waals surface area contributed by atoms with Gasteiger partial charge in [0.05, 0.1) is 11.5 Å². The van der Waals surface area contributed by atoms with Gasteiger partial charge in [-0.1, -0.05) is 0 Å². The molecule has 3 rings (SSSR count). The summed E-state index contributed by atoms with van der Waals surface area (Å²) in [6.07, 6.45) is 3.36. The fourth-order valence-electron chi connectivity index (χ4n) is 3.44. The van der Waals surface area contributed by atoms with E-state index in [-0.39, 0.29) is 22.8 Å². The second-order valence-electron chi connectivity index (χ2n) is 7.33. The Bertz CT molecular complexity index is 739. The van der Waals surface area contributed by atoms with Crippen LogP contribution in [0.5, 0.6) is 5.75 Å². The molecule has 150 valence electrons. The largest absolute Gasteiger partial charge is 0.494 e. The van der Waals surface area contributed by atoms with Gasteiger partial charge in [-0.05, 0) is 62.8 Å². The summed E-state index contributed by atoms with van der Waals surface area (Å²) in [7, 11) is -3.55. The molecule has 1 amide bonds. The molecule has 2 fully saturated rings. The second kappa shape index (κ2) is 8.58. The topological polar surface area (TPSA) is 102 Å². The highest BCUT2D eigenvalue weighted by Crippen LogP contribution is 2.31. The van der Waals surface area contributed by atoms with Crippen LogP contribution in [0.1, 0.15) is 32.6 Å². The Morgan fingerprint density at radius 2 is 1.85 bits per heavy atom. The maximum absolute atomic E-state index is 12.8. The molecule has 0 spiro atoms. The number of amides is 1. The number of nitrogens with two attached hydrogens (primary N) is 1. The van der Waals surface area contributed by atoms with E-state index >= 15 is 0 Å². The van der Waals surface area contributed by atoms with Gasteiger partial charge >= 0.3 is 0 Å². The van der Waals surface area contributed by atoms with Crippen molar-refractivity contribution in [3.63, 3.8) is 0 Å². The second-order valence-corrected chi connectivity index (χ2v) is 9.27. The van der Waals surface area contributed by atoms with Gasteiger partial charge in [-0.2, -0.15) is 4.31 Å². The number of sulfonamides is 1. The van der Waals surface area contributed by atoms with E-state index in [2.05, 4.69) is 5.32 Å². The monoisotopic (exact) mass is 395 g/mol. The number of hydrogen-bond acceptors (Lipinski definition) is 5. The van der Waals surface area contributed by atoms with E-state index in [4.69, 9.17) is 10.5 Å². The normalized spacial score (nSPS) is 20.2. The Morgan fingerprint density at radius 1 is 1.22 bits per heavy atom. The first-order chi connectivity index (χ1) is 12.9. The lowest BCUT2D eigenvalue weighted by Crippen LogP contribution is -2.45. The van der Waals surface area contributed by atoms with Crippen molar-refractivity contribution in [1.29, 1.82) is 0 Å². The SMILES string of the molecule is CCOc1ccc(S(=O)(=O)N2CCC(C(=O)NCC(N)C3CC3)CC2)cc1.